The van der Waals surface area contributed by atoms with Crippen molar-refractivity contribution in [2.24, 2.45) is 28.9 Å². The number of carbonyl (C=O) groups is 5. The summed E-state index contributed by atoms with van der Waals surface area (Å²) in [6.45, 7) is 10.6. The van der Waals surface area contributed by atoms with E-state index in [9.17, 15) is 24.0 Å². The third-order valence-electron chi connectivity index (χ3n) is 7.62. The van der Waals surface area contributed by atoms with Crippen LogP contribution in [0.1, 0.15) is 73.6 Å². The van der Waals surface area contributed by atoms with E-state index in [4.69, 9.17) is 33.7 Å². The Balaban J connectivity index is 1.81. The van der Waals surface area contributed by atoms with Crippen LogP contribution in [0.5, 0.6) is 0 Å². The van der Waals surface area contributed by atoms with Crippen molar-refractivity contribution in [2.75, 3.05) is 6.54 Å². The lowest BCUT2D eigenvalue weighted by atomic mass is 9.81. The van der Waals surface area contributed by atoms with E-state index in [1.165, 1.54) is 4.90 Å². The molecular formula is C26H40Cl2N4O6. The van der Waals surface area contributed by atoms with E-state index >= 15 is 0 Å². The van der Waals surface area contributed by atoms with Crippen LogP contribution >= 0.6 is 23.2 Å². The van der Waals surface area contributed by atoms with Crippen molar-refractivity contribution in [3.63, 3.8) is 0 Å². The van der Waals surface area contributed by atoms with Crippen molar-refractivity contribution >= 4 is 52.8 Å². The van der Waals surface area contributed by atoms with Gasteiger partial charge >= 0.3 is 6.09 Å². The number of halogens is 2. The van der Waals surface area contributed by atoms with E-state index in [2.05, 4.69) is 10.6 Å². The summed E-state index contributed by atoms with van der Waals surface area (Å²) in [5, 5.41) is 5.31. The van der Waals surface area contributed by atoms with Crippen LogP contribution in [-0.2, 0) is 23.9 Å². The van der Waals surface area contributed by atoms with Gasteiger partial charge in [-0.3, -0.25) is 19.2 Å². The number of primary amides is 1. The number of rotatable bonds is 9. The Morgan fingerprint density at radius 3 is 2.13 bits per heavy atom. The van der Waals surface area contributed by atoms with Crippen LogP contribution in [0.2, 0.25) is 0 Å². The molecule has 3 fully saturated rings. The molecule has 3 aliphatic rings. The van der Waals surface area contributed by atoms with Gasteiger partial charge < -0.3 is 26.0 Å². The van der Waals surface area contributed by atoms with E-state index in [1.807, 2.05) is 0 Å². The van der Waals surface area contributed by atoms with Gasteiger partial charge in [-0.2, -0.15) is 0 Å². The highest BCUT2D eigenvalue weighted by Crippen LogP contribution is 2.65. The number of alkyl halides is 2. The molecule has 4 amide bonds. The van der Waals surface area contributed by atoms with Crippen LogP contribution in [0.25, 0.3) is 0 Å². The number of likely N-dealkylation sites (tertiary alicyclic amines) is 1. The zero-order valence-electron chi connectivity index (χ0n) is 22.9. The number of ether oxygens (including phenoxy) is 1. The van der Waals surface area contributed by atoms with Crippen LogP contribution in [0, 0.1) is 23.2 Å². The lowest BCUT2D eigenvalue weighted by Gasteiger charge is -2.37. The molecule has 10 nitrogen and oxygen atoms in total. The predicted molar refractivity (Wildman–Crippen MR) is 142 cm³/mol. The van der Waals surface area contributed by atoms with Gasteiger partial charge in [0.25, 0.3) is 5.91 Å². The summed E-state index contributed by atoms with van der Waals surface area (Å²) in [5.74, 6) is -3.62. The molecule has 12 heteroatoms. The van der Waals surface area contributed by atoms with E-state index < -0.39 is 69.0 Å². The highest BCUT2D eigenvalue weighted by molar-refractivity contribution is 6.51. The number of nitrogens with two attached hydrogens (primary N) is 1. The quantitative estimate of drug-likeness (QED) is 0.285. The second-order valence-electron chi connectivity index (χ2n) is 12.9. The maximum absolute atomic E-state index is 13.8. The average molecular weight is 576 g/mol. The predicted octanol–water partition coefficient (Wildman–Crippen LogP) is 2.68. The van der Waals surface area contributed by atoms with Crippen LogP contribution in [0.3, 0.4) is 0 Å². The van der Waals surface area contributed by atoms with Crippen molar-refractivity contribution in [3.8, 4) is 0 Å². The van der Waals surface area contributed by atoms with Crippen LogP contribution in [0.4, 0.5) is 4.79 Å². The summed E-state index contributed by atoms with van der Waals surface area (Å²) in [4.78, 5) is 65.6. The van der Waals surface area contributed by atoms with Gasteiger partial charge in [-0.15, -0.1) is 23.2 Å². The van der Waals surface area contributed by atoms with E-state index in [1.54, 1.807) is 41.5 Å². The van der Waals surface area contributed by atoms with E-state index in [0.29, 0.717) is 12.3 Å². The monoisotopic (exact) mass is 574 g/mol. The van der Waals surface area contributed by atoms with Gasteiger partial charge in [-0.1, -0.05) is 40.0 Å². The molecule has 4 N–H and O–H groups in total. The van der Waals surface area contributed by atoms with Gasteiger partial charge in [0.05, 0.1) is 6.04 Å². The number of amides is 4. The molecule has 3 rings (SSSR count). The minimum Gasteiger partial charge on any atom is -0.444 e. The van der Waals surface area contributed by atoms with Crippen LogP contribution in [-0.4, -0.2) is 69.1 Å². The summed E-state index contributed by atoms with van der Waals surface area (Å²) in [6, 6.07) is -3.21. The minimum absolute atomic E-state index is 0.105. The molecular weight excluding hydrogens is 535 g/mol. The Bertz CT molecular complexity index is 985. The molecule has 1 saturated heterocycles. The number of carbonyl (C=O) groups excluding carboxylic acids is 5. The molecule has 1 heterocycles. The van der Waals surface area contributed by atoms with Crippen molar-refractivity contribution in [2.45, 2.75) is 102 Å². The second kappa shape index (κ2) is 10.8. The van der Waals surface area contributed by atoms with Gasteiger partial charge in [-0.05, 0) is 44.9 Å². The van der Waals surface area contributed by atoms with Crippen molar-refractivity contribution in [3.05, 3.63) is 0 Å². The number of piperidine rings is 1. The molecule has 0 bridgehead atoms. The number of nitrogens with zero attached hydrogens (tertiary/aromatic N) is 1. The molecule has 2 aliphatic carbocycles. The highest BCUT2D eigenvalue weighted by atomic mass is 35.5. The first-order chi connectivity index (χ1) is 17.3. The van der Waals surface area contributed by atoms with Gasteiger partial charge in [-0.25, -0.2) is 4.79 Å². The molecule has 5 atom stereocenters. The zero-order valence-corrected chi connectivity index (χ0v) is 24.4. The molecule has 214 valence electrons. The molecule has 0 aromatic heterocycles. The van der Waals surface area contributed by atoms with E-state index in [-0.39, 0.29) is 18.9 Å². The number of ketones is 1. The topological polar surface area (TPSA) is 148 Å². The molecule has 1 aliphatic heterocycles. The van der Waals surface area contributed by atoms with Gasteiger partial charge in [0.2, 0.25) is 17.6 Å². The first-order valence-electron chi connectivity index (χ1n) is 13.2. The summed E-state index contributed by atoms with van der Waals surface area (Å²) < 4.78 is 4.15. The number of hydrogen-bond donors (Lipinski definition) is 3. The molecule has 2 unspecified atom stereocenters. The third-order valence-corrected chi connectivity index (χ3v) is 8.69. The van der Waals surface area contributed by atoms with Crippen molar-refractivity contribution in [1.29, 1.82) is 0 Å². The summed E-state index contributed by atoms with van der Waals surface area (Å²) >= 11 is 12.9. The second-order valence-corrected chi connectivity index (χ2v) is 14.3. The largest absolute Gasteiger partial charge is 0.444 e. The average Bonchev–Trinajstić information content (AvgIpc) is 3.06. The SMILES string of the molecule is CC(C)(C)OC(=O)N[C@H](C(=O)N1CC2[C@@H]([C@H]1C(=O)NC(CCC1CCC1)C(=O)C(N)=O)C2(Cl)Cl)C(C)(C)C. The molecule has 0 spiro atoms. The van der Waals surface area contributed by atoms with Gasteiger partial charge in [0, 0.05) is 18.4 Å². The fraction of sp³-hybridized carbons (Fsp3) is 0.808. The van der Waals surface area contributed by atoms with Crippen LogP contribution in [0.15, 0.2) is 0 Å². The van der Waals surface area contributed by atoms with Gasteiger partial charge in [0.1, 0.15) is 22.0 Å². The number of alkyl carbamates (subject to hydrolysis) is 1. The standard InChI is InChI=1S/C26H40Cl2N4O6/c1-24(2,3)19(31-23(37)38-25(4,5)6)22(36)32-12-14-16(26(14,27)28)17(32)21(35)30-15(18(33)20(29)34)11-10-13-8-7-9-13/h13-17,19H,7-12H2,1-6H3,(H2,29,34)(H,30,35)(H,31,37)/t14?,15?,16-,17-,19+/m0/s1. The number of Topliss-reactive ketones (excluding diaryl/α,β-unsaturated/α-hetero) is 1. The number of fused-ring (bicyclic) bond motifs is 1. The van der Waals surface area contributed by atoms with Crippen molar-refractivity contribution < 1.29 is 28.7 Å². The Hall–Kier alpha value is -2.07. The Morgan fingerprint density at radius 2 is 1.66 bits per heavy atom. The molecule has 0 aromatic carbocycles. The Labute approximate surface area is 234 Å². The molecule has 0 aromatic rings. The lowest BCUT2D eigenvalue weighted by molar-refractivity contribution is -0.144. The highest BCUT2D eigenvalue weighted by Gasteiger charge is 2.74. The van der Waals surface area contributed by atoms with Crippen LogP contribution < -0.4 is 16.4 Å². The number of nitrogens with one attached hydrogen (secondary N) is 2. The summed E-state index contributed by atoms with van der Waals surface area (Å²) in [7, 11) is 0. The third kappa shape index (κ3) is 6.73. The number of hydrogen-bond acceptors (Lipinski definition) is 6. The van der Waals surface area contributed by atoms with Gasteiger partial charge in [0.15, 0.2) is 0 Å². The molecule has 38 heavy (non-hydrogen) atoms. The van der Waals surface area contributed by atoms with Crippen molar-refractivity contribution in [1.82, 2.24) is 15.5 Å². The summed E-state index contributed by atoms with van der Waals surface area (Å²) in [5.41, 5.74) is 3.75. The zero-order chi connectivity index (χ0) is 28.8. The van der Waals surface area contributed by atoms with E-state index in [0.717, 1.165) is 19.3 Å². The first kappa shape index (κ1) is 30.5. The fourth-order valence-electron chi connectivity index (χ4n) is 5.25. The summed E-state index contributed by atoms with van der Waals surface area (Å²) in [6.07, 6.45) is 3.38. The fourth-order valence-corrected chi connectivity index (χ4v) is 6.08. The molecule has 0 radical (unpaired) electrons. The Kier molecular flexibility index (Phi) is 8.69. The lowest BCUT2D eigenvalue weighted by Crippen LogP contribution is -2.60. The normalized spacial score (nSPS) is 25.9. The smallest absolute Gasteiger partial charge is 0.408 e. The minimum atomic E-state index is -1.20. The Morgan fingerprint density at radius 1 is 1.05 bits per heavy atom. The maximum Gasteiger partial charge on any atom is 0.408 e. The molecule has 2 saturated carbocycles. The maximum atomic E-state index is 13.8. The first-order valence-corrected chi connectivity index (χ1v) is 13.9.